The summed E-state index contributed by atoms with van der Waals surface area (Å²) in [5, 5.41) is 12.2. The molecule has 1 aromatic rings. The van der Waals surface area contributed by atoms with E-state index in [0.29, 0.717) is 11.6 Å². The third kappa shape index (κ3) is 4.19. The van der Waals surface area contributed by atoms with E-state index in [1.165, 1.54) is 6.42 Å². The van der Waals surface area contributed by atoms with Crippen molar-refractivity contribution < 1.29 is 4.74 Å². The van der Waals surface area contributed by atoms with Gasteiger partial charge in [0.05, 0.1) is 12.2 Å². The molecule has 1 aliphatic heterocycles. The van der Waals surface area contributed by atoms with Crippen LogP contribution in [0.5, 0.6) is 0 Å². The van der Waals surface area contributed by atoms with E-state index in [1.807, 2.05) is 6.07 Å². The van der Waals surface area contributed by atoms with Gasteiger partial charge in [-0.2, -0.15) is 5.26 Å². The number of pyridine rings is 1. The van der Waals surface area contributed by atoms with Gasteiger partial charge in [0.2, 0.25) is 0 Å². The number of piperidine rings is 1. The molecule has 1 fully saturated rings. The molecule has 1 atom stereocenters. The minimum absolute atomic E-state index is 0.422. The summed E-state index contributed by atoms with van der Waals surface area (Å²) in [6, 6.07) is 6.16. The Bertz CT molecular complexity index is 426. The van der Waals surface area contributed by atoms with E-state index in [0.717, 1.165) is 38.5 Å². The first-order valence-corrected chi connectivity index (χ1v) is 6.66. The summed E-state index contributed by atoms with van der Waals surface area (Å²) in [5.74, 6) is 0.845. The Morgan fingerprint density at radius 1 is 1.58 bits per heavy atom. The molecule has 0 amide bonds. The molecular weight excluding hydrogens is 240 g/mol. The maximum absolute atomic E-state index is 8.74. The number of likely N-dealkylation sites (tertiary alicyclic amines) is 1. The average molecular weight is 260 g/mol. The lowest BCUT2D eigenvalue weighted by Crippen LogP contribution is -2.43. The largest absolute Gasteiger partial charge is 0.383 e. The van der Waals surface area contributed by atoms with Crippen LogP contribution in [0.4, 0.5) is 5.82 Å². The van der Waals surface area contributed by atoms with Crippen LogP contribution in [0.3, 0.4) is 0 Å². The van der Waals surface area contributed by atoms with E-state index in [1.54, 1.807) is 19.4 Å². The summed E-state index contributed by atoms with van der Waals surface area (Å²) < 4.78 is 5.12. The van der Waals surface area contributed by atoms with Crippen LogP contribution >= 0.6 is 0 Å². The van der Waals surface area contributed by atoms with Crippen molar-refractivity contribution in [2.45, 2.75) is 18.9 Å². The van der Waals surface area contributed by atoms with Gasteiger partial charge in [0.1, 0.15) is 11.9 Å². The Hall–Kier alpha value is -1.64. The molecule has 5 heteroatoms. The lowest BCUT2D eigenvalue weighted by molar-refractivity contribution is 0.131. The Balaban J connectivity index is 1.85. The predicted octanol–water partition coefficient (Wildman–Crippen LogP) is 1.48. The molecule has 19 heavy (non-hydrogen) atoms. The molecule has 0 saturated carbocycles. The normalized spacial score (nSPS) is 19.9. The second-order valence-corrected chi connectivity index (χ2v) is 4.82. The van der Waals surface area contributed by atoms with Crippen molar-refractivity contribution in [1.29, 1.82) is 5.26 Å². The molecule has 1 unspecified atom stereocenters. The highest BCUT2D eigenvalue weighted by molar-refractivity contribution is 5.39. The number of aromatic nitrogens is 1. The quantitative estimate of drug-likeness (QED) is 0.869. The number of anilines is 1. The van der Waals surface area contributed by atoms with E-state index in [4.69, 9.17) is 10.00 Å². The van der Waals surface area contributed by atoms with E-state index >= 15 is 0 Å². The van der Waals surface area contributed by atoms with Gasteiger partial charge in [-0.1, -0.05) is 0 Å². The van der Waals surface area contributed by atoms with Gasteiger partial charge in [0.25, 0.3) is 0 Å². The lowest BCUT2D eigenvalue weighted by atomic mass is 10.1. The molecule has 1 N–H and O–H groups in total. The summed E-state index contributed by atoms with van der Waals surface area (Å²) in [6.45, 7) is 3.92. The third-order valence-corrected chi connectivity index (χ3v) is 3.36. The molecule has 0 spiro atoms. The van der Waals surface area contributed by atoms with Gasteiger partial charge in [0.15, 0.2) is 0 Å². The van der Waals surface area contributed by atoms with E-state index in [2.05, 4.69) is 21.3 Å². The number of methoxy groups -OCH3 is 1. The first kappa shape index (κ1) is 13.8. The number of nitrogens with zero attached hydrogens (tertiary/aromatic N) is 3. The van der Waals surface area contributed by atoms with Gasteiger partial charge >= 0.3 is 0 Å². The number of nitriles is 1. The zero-order chi connectivity index (χ0) is 13.5. The van der Waals surface area contributed by atoms with Gasteiger partial charge in [-0.05, 0) is 31.5 Å². The topological polar surface area (TPSA) is 61.2 Å². The molecule has 0 radical (unpaired) electrons. The fraction of sp³-hybridized carbons (Fsp3) is 0.571. The summed E-state index contributed by atoms with van der Waals surface area (Å²) in [6.07, 6.45) is 3.96. The highest BCUT2D eigenvalue weighted by Gasteiger charge is 2.19. The van der Waals surface area contributed by atoms with Gasteiger partial charge < -0.3 is 10.1 Å². The summed E-state index contributed by atoms with van der Waals surface area (Å²) in [7, 11) is 1.74. The van der Waals surface area contributed by atoms with E-state index < -0.39 is 0 Å². The Morgan fingerprint density at radius 2 is 2.47 bits per heavy atom. The molecule has 1 aliphatic rings. The highest BCUT2D eigenvalue weighted by atomic mass is 16.5. The zero-order valence-electron chi connectivity index (χ0n) is 11.3. The van der Waals surface area contributed by atoms with Crippen LogP contribution in [0.1, 0.15) is 18.4 Å². The predicted molar refractivity (Wildman–Crippen MR) is 73.9 cm³/mol. The summed E-state index contributed by atoms with van der Waals surface area (Å²) in [5.41, 5.74) is 0.593. The smallest absolute Gasteiger partial charge is 0.126 e. The van der Waals surface area contributed by atoms with Gasteiger partial charge in [0, 0.05) is 32.4 Å². The van der Waals surface area contributed by atoms with Crippen molar-refractivity contribution in [3.05, 3.63) is 23.9 Å². The number of ether oxygens (including phenoxy) is 1. The lowest BCUT2D eigenvalue weighted by Gasteiger charge is -2.33. The van der Waals surface area contributed by atoms with Crippen LogP contribution in [0.25, 0.3) is 0 Å². The van der Waals surface area contributed by atoms with Crippen LogP contribution in [0, 0.1) is 11.3 Å². The van der Waals surface area contributed by atoms with Gasteiger partial charge in [-0.25, -0.2) is 4.98 Å². The van der Waals surface area contributed by atoms with Crippen LogP contribution in [0.15, 0.2) is 18.3 Å². The van der Waals surface area contributed by atoms with Crippen molar-refractivity contribution >= 4 is 5.82 Å². The molecule has 0 bridgehead atoms. The second-order valence-electron chi connectivity index (χ2n) is 4.82. The summed E-state index contributed by atoms with van der Waals surface area (Å²) >= 11 is 0. The Kier molecular flexibility index (Phi) is 5.13. The molecule has 1 saturated heterocycles. The minimum atomic E-state index is 0.422. The Labute approximate surface area is 114 Å². The van der Waals surface area contributed by atoms with Crippen molar-refractivity contribution in [3.8, 4) is 6.07 Å². The maximum Gasteiger partial charge on any atom is 0.126 e. The van der Waals surface area contributed by atoms with Crippen LogP contribution < -0.4 is 5.32 Å². The summed E-state index contributed by atoms with van der Waals surface area (Å²) in [4.78, 5) is 6.67. The van der Waals surface area contributed by atoms with Crippen molar-refractivity contribution in [3.63, 3.8) is 0 Å². The van der Waals surface area contributed by atoms with E-state index in [9.17, 15) is 0 Å². The van der Waals surface area contributed by atoms with Crippen molar-refractivity contribution in [1.82, 2.24) is 9.88 Å². The highest BCUT2D eigenvalue weighted by Crippen LogP contribution is 2.14. The molecule has 1 aromatic heterocycles. The number of hydrogen-bond donors (Lipinski definition) is 1. The maximum atomic E-state index is 8.74. The monoisotopic (exact) mass is 260 g/mol. The van der Waals surface area contributed by atoms with Gasteiger partial charge in [-0.15, -0.1) is 0 Å². The molecule has 2 rings (SSSR count). The van der Waals surface area contributed by atoms with Crippen LogP contribution in [-0.2, 0) is 4.74 Å². The van der Waals surface area contributed by atoms with Crippen molar-refractivity contribution in [2.75, 3.05) is 38.7 Å². The molecule has 0 aromatic carbocycles. The average Bonchev–Trinajstić information content (AvgIpc) is 2.46. The fourth-order valence-corrected chi connectivity index (χ4v) is 2.35. The number of hydrogen-bond acceptors (Lipinski definition) is 5. The molecule has 2 heterocycles. The third-order valence-electron chi connectivity index (χ3n) is 3.36. The first-order valence-electron chi connectivity index (χ1n) is 6.66. The number of nitrogens with one attached hydrogen (secondary N) is 1. The van der Waals surface area contributed by atoms with E-state index in [-0.39, 0.29) is 0 Å². The van der Waals surface area contributed by atoms with Crippen LogP contribution in [-0.4, -0.2) is 49.3 Å². The fourth-order valence-electron chi connectivity index (χ4n) is 2.35. The first-order chi connectivity index (χ1) is 9.31. The molecular formula is C14H20N4O. The molecule has 0 aliphatic carbocycles. The minimum Gasteiger partial charge on any atom is -0.383 e. The number of rotatable bonds is 5. The standard InChI is InChI=1S/C14H20N4O/c1-19-8-7-18-6-2-3-13(11-18)17-14-5-4-12(9-15)10-16-14/h4-5,10,13H,2-3,6-8,11H2,1H3,(H,16,17). The second kappa shape index (κ2) is 7.07. The molecule has 5 nitrogen and oxygen atoms in total. The van der Waals surface area contributed by atoms with Gasteiger partial charge in [-0.3, -0.25) is 4.90 Å². The van der Waals surface area contributed by atoms with Crippen molar-refractivity contribution in [2.24, 2.45) is 0 Å². The SMILES string of the molecule is COCCN1CCCC(Nc2ccc(C#N)cn2)C1. The molecule has 102 valence electrons. The zero-order valence-corrected chi connectivity index (χ0v) is 11.3. The van der Waals surface area contributed by atoms with Crippen LogP contribution in [0.2, 0.25) is 0 Å². The Morgan fingerprint density at radius 3 is 3.16 bits per heavy atom.